The summed E-state index contributed by atoms with van der Waals surface area (Å²) < 4.78 is 7.43. The topological polar surface area (TPSA) is 160 Å². The van der Waals surface area contributed by atoms with E-state index in [-0.39, 0.29) is 42.8 Å². The van der Waals surface area contributed by atoms with Crippen LogP contribution in [0.1, 0.15) is 59.9 Å². The molecule has 0 bridgehead atoms. The van der Waals surface area contributed by atoms with Gasteiger partial charge < -0.3 is 19.8 Å². The van der Waals surface area contributed by atoms with Gasteiger partial charge in [-0.2, -0.15) is 0 Å². The van der Waals surface area contributed by atoms with E-state index in [1.807, 2.05) is 35.9 Å². The van der Waals surface area contributed by atoms with Gasteiger partial charge in [-0.3, -0.25) is 19.4 Å². The van der Waals surface area contributed by atoms with E-state index in [1.165, 1.54) is 18.3 Å². The SMILES string of the molecule is COCC(Nc1cc(NC(=O)[C@H]2C[C@@H]2c2nccc(C)n2)ncn1)c1cn2cc(C3CC3)cc(N3CC(=O)N(C)C3=O)c2n1. The van der Waals surface area contributed by atoms with Crippen molar-refractivity contribution in [1.29, 1.82) is 0 Å². The predicted molar refractivity (Wildman–Crippen MR) is 159 cm³/mol. The van der Waals surface area contributed by atoms with Gasteiger partial charge in [-0.1, -0.05) is 0 Å². The van der Waals surface area contributed by atoms with Gasteiger partial charge in [0.15, 0.2) is 5.65 Å². The van der Waals surface area contributed by atoms with Crippen molar-refractivity contribution in [1.82, 2.24) is 34.2 Å². The number of hydrogen-bond donors (Lipinski definition) is 2. The summed E-state index contributed by atoms with van der Waals surface area (Å²) in [4.78, 5) is 63.1. The van der Waals surface area contributed by atoms with Gasteiger partial charge in [0.1, 0.15) is 30.3 Å². The molecule has 0 spiro atoms. The molecule has 2 N–H and O–H groups in total. The minimum atomic E-state index is -0.416. The first kappa shape index (κ1) is 27.8. The zero-order chi connectivity index (χ0) is 30.5. The van der Waals surface area contributed by atoms with Crippen LogP contribution in [0.5, 0.6) is 0 Å². The lowest BCUT2D eigenvalue weighted by Gasteiger charge is -2.17. The van der Waals surface area contributed by atoms with Crippen LogP contribution in [0.25, 0.3) is 5.65 Å². The molecule has 1 saturated heterocycles. The van der Waals surface area contributed by atoms with E-state index in [4.69, 9.17) is 9.72 Å². The van der Waals surface area contributed by atoms with E-state index < -0.39 is 6.04 Å². The standard InChI is InChI=1S/C30H32N10O4/c1-16-6-7-31-27(34-16)19-9-20(19)29(42)37-25-10-24(32-15-33-25)35-22(14-44-3)21-12-39-11-18(17-4-5-17)8-23(28(39)36-21)40-13-26(41)38(2)30(40)43/h6-8,10-12,15,17,19-20,22H,4-5,9,13-14H2,1-3H3,(H2,32,33,35,37,42)/t19-,20-,22?/m0/s1. The maximum atomic E-state index is 13.0. The molecule has 4 amide bonds. The molecule has 5 heterocycles. The Balaban J connectivity index is 1.11. The first-order chi connectivity index (χ1) is 21.3. The Bertz CT molecular complexity index is 1790. The molecular formula is C30H32N10O4. The average Bonchev–Trinajstić information content (AvgIpc) is 3.94. The number of aryl methyl sites for hydroxylation is 1. The summed E-state index contributed by atoms with van der Waals surface area (Å²) in [5.41, 5.74) is 3.80. The van der Waals surface area contributed by atoms with Gasteiger partial charge in [-0.25, -0.2) is 29.7 Å². The number of nitrogens with zero attached hydrogens (tertiary/aromatic N) is 8. The molecule has 3 atom stereocenters. The highest BCUT2D eigenvalue weighted by atomic mass is 16.5. The van der Waals surface area contributed by atoms with Crippen molar-refractivity contribution in [2.45, 2.75) is 44.1 Å². The fraction of sp³-hybridized carbons (Fsp3) is 0.400. The molecule has 14 heteroatoms. The van der Waals surface area contributed by atoms with E-state index >= 15 is 0 Å². The third-order valence-corrected chi connectivity index (χ3v) is 8.30. The predicted octanol–water partition coefficient (Wildman–Crippen LogP) is 3.04. The van der Waals surface area contributed by atoms with E-state index in [0.29, 0.717) is 46.8 Å². The number of anilines is 3. The van der Waals surface area contributed by atoms with Crippen molar-refractivity contribution >= 4 is 40.8 Å². The fourth-order valence-electron chi connectivity index (χ4n) is 5.60. The van der Waals surface area contributed by atoms with Crippen molar-refractivity contribution in [3.63, 3.8) is 0 Å². The Kier molecular flexibility index (Phi) is 6.92. The number of nitrogens with one attached hydrogen (secondary N) is 2. The largest absolute Gasteiger partial charge is 0.382 e. The zero-order valence-electron chi connectivity index (χ0n) is 24.6. The molecule has 3 fully saturated rings. The molecule has 1 unspecified atom stereocenters. The number of pyridine rings is 1. The van der Waals surface area contributed by atoms with Crippen LogP contribution in [-0.2, 0) is 14.3 Å². The van der Waals surface area contributed by atoms with Gasteiger partial charge in [0.2, 0.25) is 11.8 Å². The van der Waals surface area contributed by atoms with Crippen LogP contribution in [0.3, 0.4) is 0 Å². The second-order valence-corrected chi connectivity index (χ2v) is 11.6. The number of carbonyl (C=O) groups excluding carboxylic acids is 3. The number of amides is 4. The minimum absolute atomic E-state index is 0.00448. The van der Waals surface area contributed by atoms with E-state index in [0.717, 1.165) is 29.0 Å². The highest BCUT2D eigenvalue weighted by Gasteiger charge is 2.46. The minimum Gasteiger partial charge on any atom is -0.382 e. The van der Waals surface area contributed by atoms with Crippen molar-refractivity contribution in [2.24, 2.45) is 5.92 Å². The van der Waals surface area contributed by atoms with Crippen LogP contribution in [0.4, 0.5) is 22.1 Å². The van der Waals surface area contributed by atoms with Crippen molar-refractivity contribution in [3.8, 4) is 0 Å². The van der Waals surface area contributed by atoms with E-state index in [9.17, 15) is 14.4 Å². The molecule has 0 radical (unpaired) electrons. The lowest BCUT2D eigenvalue weighted by molar-refractivity contribution is -0.124. The summed E-state index contributed by atoms with van der Waals surface area (Å²) in [6.07, 6.45) is 9.89. The van der Waals surface area contributed by atoms with Gasteiger partial charge in [-0.05, 0) is 49.8 Å². The molecule has 14 nitrogen and oxygen atoms in total. The molecule has 2 saturated carbocycles. The smallest absolute Gasteiger partial charge is 0.331 e. The summed E-state index contributed by atoms with van der Waals surface area (Å²) in [6, 6.07) is 4.68. The highest BCUT2D eigenvalue weighted by molar-refractivity contribution is 6.13. The van der Waals surface area contributed by atoms with Crippen LogP contribution in [0, 0.1) is 12.8 Å². The number of aromatic nitrogens is 6. The van der Waals surface area contributed by atoms with Crippen LogP contribution >= 0.6 is 0 Å². The Labute approximate surface area is 252 Å². The van der Waals surface area contributed by atoms with Gasteiger partial charge >= 0.3 is 6.03 Å². The molecule has 0 aromatic carbocycles. The van der Waals surface area contributed by atoms with Crippen molar-refractivity contribution in [3.05, 3.63) is 65.9 Å². The number of carbonyl (C=O) groups is 3. The molecule has 3 aliphatic rings. The third kappa shape index (κ3) is 5.32. The molecule has 4 aromatic heterocycles. The zero-order valence-corrected chi connectivity index (χ0v) is 24.6. The van der Waals surface area contributed by atoms with Crippen molar-refractivity contribution < 1.29 is 19.1 Å². The summed E-state index contributed by atoms with van der Waals surface area (Å²) in [5, 5.41) is 6.24. The number of imidazole rings is 1. The van der Waals surface area contributed by atoms with Gasteiger partial charge in [-0.15, -0.1) is 0 Å². The maximum Gasteiger partial charge on any atom is 0.331 e. The second kappa shape index (κ2) is 10.9. The molecule has 7 rings (SSSR count). The van der Waals surface area contributed by atoms with Crippen LogP contribution < -0.4 is 15.5 Å². The summed E-state index contributed by atoms with van der Waals surface area (Å²) in [5.74, 6) is 1.33. The third-order valence-electron chi connectivity index (χ3n) is 8.30. The van der Waals surface area contributed by atoms with Gasteiger partial charge in [0.05, 0.1) is 24.0 Å². The number of imide groups is 1. The molecule has 4 aromatic rings. The van der Waals surface area contributed by atoms with Crippen LogP contribution in [0.15, 0.2) is 43.1 Å². The summed E-state index contributed by atoms with van der Waals surface area (Å²) in [6.45, 7) is 2.14. The van der Waals surface area contributed by atoms with Crippen LogP contribution in [-0.4, -0.2) is 79.4 Å². The molecule has 44 heavy (non-hydrogen) atoms. The maximum absolute atomic E-state index is 13.0. The Morgan fingerprint density at radius 3 is 2.66 bits per heavy atom. The molecule has 2 aliphatic carbocycles. The van der Waals surface area contributed by atoms with Crippen LogP contribution in [0.2, 0.25) is 0 Å². The number of fused-ring (bicyclic) bond motifs is 1. The first-order valence-corrected chi connectivity index (χ1v) is 14.6. The number of rotatable bonds is 10. The number of methoxy groups -OCH3 is 1. The molecule has 1 aliphatic heterocycles. The Morgan fingerprint density at radius 1 is 1.11 bits per heavy atom. The monoisotopic (exact) mass is 596 g/mol. The lowest BCUT2D eigenvalue weighted by Crippen LogP contribution is -2.30. The average molecular weight is 597 g/mol. The highest BCUT2D eigenvalue weighted by Crippen LogP contribution is 2.46. The lowest BCUT2D eigenvalue weighted by atomic mass is 10.1. The number of likely N-dealkylation sites (N-methyl/N-ethyl adjacent to an activating group) is 1. The number of hydrogen-bond acceptors (Lipinski definition) is 10. The van der Waals surface area contributed by atoms with Gasteiger partial charge in [0.25, 0.3) is 0 Å². The molecule has 226 valence electrons. The van der Waals surface area contributed by atoms with E-state index in [2.05, 4.69) is 30.6 Å². The molecular weight excluding hydrogens is 564 g/mol. The van der Waals surface area contributed by atoms with E-state index in [1.54, 1.807) is 19.4 Å². The quantitative estimate of drug-likeness (QED) is 0.261. The summed E-state index contributed by atoms with van der Waals surface area (Å²) >= 11 is 0. The summed E-state index contributed by atoms with van der Waals surface area (Å²) in [7, 11) is 3.09. The Hall–Kier alpha value is -4.98. The normalized spacial score (nSPS) is 20.3. The fourth-order valence-corrected chi connectivity index (χ4v) is 5.60. The van der Waals surface area contributed by atoms with Gasteiger partial charge in [0, 0.05) is 56.3 Å². The van der Waals surface area contributed by atoms with Crippen molar-refractivity contribution in [2.75, 3.05) is 42.8 Å². The number of urea groups is 1. The Morgan fingerprint density at radius 2 is 1.93 bits per heavy atom. The second-order valence-electron chi connectivity index (χ2n) is 11.6. The first-order valence-electron chi connectivity index (χ1n) is 14.6. The number of ether oxygens (including phenoxy) is 1.